The van der Waals surface area contributed by atoms with E-state index in [1.165, 1.54) is 10.4 Å². The second-order valence-electron chi connectivity index (χ2n) is 5.39. The normalized spacial score (nSPS) is 30.7. The van der Waals surface area contributed by atoms with E-state index < -0.39 is 0 Å². The van der Waals surface area contributed by atoms with Crippen molar-refractivity contribution in [1.82, 2.24) is 10.6 Å². The van der Waals surface area contributed by atoms with Crippen molar-refractivity contribution in [2.45, 2.75) is 31.1 Å². The van der Waals surface area contributed by atoms with Crippen LogP contribution in [-0.2, 0) is 11.2 Å². The highest BCUT2D eigenvalue weighted by Crippen LogP contribution is 2.39. The van der Waals surface area contributed by atoms with E-state index in [-0.39, 0.29) is 17.2 Å². The quantitative estimate of drug-likeness (QED) is 0.879. The van der Waals surface area contributed by atoms with Crippen molar-refractivity contribution in [2.24, 2.45) is 5.92 Å². The Labute approximate surface area is 122 Å². The van der Waals surface area contributed by atoms with E-state index in [4.69, 9.17) is 0 Å². The number of carbonyl (C=O) groups is 1. The van der Waals surface area contributed by atoms with Gasteiger partial charge in [0.25, 0.3) is 0 Å². The molecule has 2 N–H and O–H groups in total. The lowest BCUT2D eigenvalue weighted by molar-refractivity contribution is -0.121. The number of rotatable bonds is 2. The van der Waals surface area contributed by atoms with Gasteiger partial charge >= 0.3 is 0 Å². The summed E-state index contributed by atoms with van der Waals surface area (Å²) in [4.78, 5) is 13.9. The zero-order valence-electron chi connectivity index (χ0n) is 11.1. The first kappa shape index (κ1) is 13.5. The molecule has 0 bridgehead atoms. The van der Waals surface area contributed by atoms with Crippen molar-refractivity contribution in [1.29, 1.82) is 0 Å². The lowest BCUT2D eigenvalue weighted by atomic mass is 9.94. The van der Waals surface area contributed by atoms with Crippen LogP contribution in [-0.4, -0.2) is 30.8 Å². The van der Waals surface area contributed by atoms with Gasteiger partial charge in [-0.2, -0.15) is 0 Å². The van der Waals surface area contributed by atoms with Crippen molar-refractivity contribution >= 4 is 29.0 Å². The molecule has 0 saturated carbocycles. The molecular weight excluding hydrogens is 276 g/mol. The van der Waals surface area contributed by atoms with Gasteiger partial charge in [-0.1, -0.05) is 6.92 Å². The Morgan fingerprint density at radius 2 is 2.42 bits per heavy atom. The zero-order valence-corrected chi connectivity index (χ0v) is 12.8. The van der Waals surface area contributed by atoms with E-state index in [2.05, 4.69) is 29.0 Å². The van der Waals surface area contributed by atoms with Crippen molar-refractivity contribution in [3.63, 3.8) is 0 Å². The van der Waals surface area contributed by atoms with Gasteiger partial charge in [0.15, 0.2) is 0 Å². The largest absolute Gasteiger partial charge is 0.351 e. The van der Waals surface area contributed by atoms with Gasteiger partial charge in [-0.25, -0.2) is 0 Å². The average molecular weight is 296 g/mol. The molecule has 19 heavy (non-hydrogen) atoms. The molecule has 5 heteroatoms. The van der Waals surface area contributed by atoms with Gasteiger partial charge in [-0.05, 0) is 48.1 Å². The monoisotopic (exact) mass is 296 g/mol. The van der Waals surface area contributed by atoms with Crippen molar-refractivity contribution in [3.05, 3.63) is 21.9 Å². The van der Waals surface area contributed by atoms with E-state index in [9.17, 15) is 4.79 Å². The Morgan fingerprint density at radius 1 is 1.53 bits per heavy atom. The molecule has 3 heterocycles. The Balaban J connectivity index is 1.68. The van der Waals surface area contributed by atoms with E-state index in [0.717, 1.165) is 31.7 Å². The minimum absolute atomic E-state index is 0.00382. The summed E-state index contributed by atoms with van der Waals surface area (Å²) in [5.41, 5.74) is 1.25. The van der Waals surface area contributed by atoms with Crippen LogP contribution in [0.4, 0.5) is 0 Å². The van der Waals surface area contributed by atoms with Crippen LogP contribution in [0, 0.1) is 5.92 Å². The molecule has 1 aromatic rings. The second-order valence-corrected chi connectivity index (χ2v) is 7.60. The van der Waals surface area contributed by atoms with Gasteiger partial charge in [-0.15, -0.1) is 23.1 Å². The number of amides is 1. The fraction of sp³-hybridized carbons (Fsp3) is 0.643. The molecule has 1 aromatic heterocycles. The summed E-state index contributed by atoms with van der Waals surface area (Å²) in [6, 6.07) is 2.41. The second kappa shape index (κ2) is 5.85. The number of nitrogens with one attached hydrogen (secondary N) is 2. The van der Waals surface area contributed by atoms with Crippen molar-refractivity contribution in [2.75, 3.05) is 18.8 Å². The summed E-state index contributed by atoms with van der Waals surface area (Å²) in [6.07, 6.45) is 2.26. The minimum atomic E-state index is 0.00382. The van der Waals surface area contributed by atoms with Crippen LogP contribution in [0.1, 0.15) is 29.0 Å². The minimum Gasteiger partial charge on any atom is -0.351 e. The first-order valence-electron chi connectivity index (χ1n) is 6.94. The first-order chi connectivity index (χ1) is 9.25. The summed E-state index contributed by atoms with van der Waals surface area (Å²) < 4.78 is 0. The van der Waals surface area contributed by atoms with Gasteiger partial charge in [0, 0.05) is 17.5 Å². The molecule has 3 unspecified atom stereocenters. The fourth-order valence-electron chi connectivity index (χ4n) is 2.80. The molecule has 104 valence electrons. The smallest absolute Gasteiger partial charge is 0.237 e. The third kappa shape index (κ3) is 2.83. The Hall–Kier alpha value is -0.520. The third-order valence-corrected chi connectivity index (χ3v) is 6.31. The van der Waals surface area contributed by atoms with E-state index in [1.54, 1.807) is 23.1 Å². The van der Waals surface area contributed by atoms with Crippen LogP contribution >= 0.6 is 23.1 Å². The van der Waals surface area contributed by atoms with Crippen LogP contribution < -0.4 is 10.6 Å². The number of thiophene rings is 1. The standard InChI is InChI=1S/C14H20N2OS2/c1-9-2-5-15-8-11(9)16-14(17)13-10-3-6-18-12(10)4-7-19-13/h3,6,9,11,13,15H,2,4-5,7-8H2,1H3,(H,16,17). The predicted molar refractivity (Wildman–Crippen MR) is 81.8 cm³/mol. The maximum Gasteiger partial charge on any atom is 0.237 e. The van der Waals surface area contributed by atoms with Gasteiger partial charge in [-0.3, -0.25) is 4.79 Å². The Morgan fingerprint density at radius 3 is 3.26 bits per heavy atom. The number of fused-ring (bicyclic) bond motifs is 1. The third-order valence-electron chi connectivity index (χ3n) is 4.07. The molecule has 3 atom stereocenters. The highest BCUT2D eigenvalue weighted by Gasteiger charge is 2.31. The molecule has 0 spiro atoms. The number of thioether (sulfide) groups is 1. The summed E-state index contributed by atoms with van der Waals surface area (Å²) in [5.74, 6) is 1.83. The number of carbonyl (C=O) groups excluding carboxylic acids is 1. The maximum atomic E-state index is 12.5. The molecule has 3 rings (SSSR count). The molecule has 1 amide bonds. The molecule has 1 saturated heterocycles. The Kier molecular flexibility index (Phi) is 4.15. The SMILES string of the molecule is CC1CCNCC1NC(=O)C1SCCc2sccc21. The molecule has 2 aliphatic heterocycles. The van der Waals surface area contributed by atoms with E-state index in [0.29, 0.717) is 5.92 Å². The van der Waals surface area contributed by atoms with Crippen molar-refractivity contribution < 1.29 is 4.79 Å². The molecule has 3 nitrogen and oxygen atoms in total. The van der Waals surface area contributed by atoms with E-state index in [1.807, 2.05) is 0 Å². The first-order valence-corrected chi connectivity index (χ1v) is 8.87. The summed E-state index contributed by atoms with van der Waals surface area (Å²) in [7, 11) is 0. The summed E-state index contributed by atoms with van der Waals surface area (Å²) in [5, 5.41) is 8.74. The van der Waals surface area contributed by atoms with Gasteiger partial charge in [0.05, 0.1) is 0 Å². The number of hydrogen-bond donors (Lipinski definition) is 2. The summed E-state index contributed by atoms with van der Waals surface area (Å²) >= 11 is 3.57. The fourth-order valence-corrected chi connectivity index (χ4v) is 5.11. The number of aryl methyl sites for hydroxylation is 1. The Bertz CT molecular complexity index is 460. The van der Waals surface area contributed by atoms with Crippen molar-refractivity contribution in [3.8, 4) is 0 Å². The molecule has 0 aliphatic carbocycles. The number of piperidine rings is 1. The highest BCUT2D eigenvalue weighted by molar-refractivity contribution is 8.00. The van der Waals surface area contributed by atoms with Crippen LogP contribution in [0.15, 0.2) is 11.4 Å². The van der Waals surface area contributed by atoms with Gasteiger partial charge < -0.3 is 10.6 Å². The van der Waals surface area contributed by atoms with Gasteiger partial charge in [0.2, 0.25) is 5.91 Å². The van der Waals surface area contributed by atoms with Crippen LogP contribution in [0.25, 0.3) is 0 Å². The van der Waals surface area contributed by atoms with Crippen LogP contribution in [0.3, 0.4) is 0 Å². The molecule has 0 aromatic carbocycles. The maximum absolute atomic E-state index is 12.5. The molecule has 1 fully saturated rings. The zero-order chi connectivity index (χ0) is 13.2. The van der Waals surface area contributed by atoms with E-state index >= 15 is 0 Å². The lowest BCUT2D eigenvalue weighted by Crippen LogP contribution is -2.51. The predicted octanol–water partition coefficient (Wildman–Crippen LogP) is 2.19. The van der Waals surface area contributed by atoms with Crippen LogP contribution in [0.5, 0.6) is 0 Å². The topological polar surface area (TPSA) is 41.1 Å². The number of hydrogen-bond acceptors (Lipinski definition) is 4. The molecular formula is C14H20N2OS2. The van der Waals surface area contributed by atoms with Crippen LogP contribution in [0.2, 0.25) is 0 Å². The molecule has 2 aliphatic rings. The molecule has 0 radical (unpaired) electrons. The summed E-state index contributed by atoms with van der Waals surface area (Å²) in [6.45, 7) is 4.21. The average Bonchev–Trinajstić information content (AvgIpc) is 2.89. The lowest BCUT2D eigenvalue weighted by Gasteiger charge is -2.32. The van der Waals surface area contributed by atoms with Gasteiger partial charge in [0.1, 0.15) is 5.25 Å². The highest BCUT2D eigenvalue weighted by atomic mass is 32.2.